The van der Waals surface area contributed by atoms with E-state index in [2.05, 4.69) is 0 Å². The minimum atomic E-state index is -4.04. The Kier molecular flexibility index (Phi) is 3.87. The van der Waals surface area contributed by atoms with E-state index in [0.717, 1.165) is 5.56 Å². The summed E-state index contributed by atoms with van der Waals surface area (Å²) in [7, 11) is -4.04. The first-order valence-corrected chi connectivity index (χ1v) is 7.33. The number of amides is 1. The number of benzene rings is 2. The van der Waals surface area contributed by atoms with Crippen LogP contribution in [-0.2, 0) is 10.0 Å². The topological polar surface area (TPSA) is 80.5 Å². The molecule has 0 atom stereocenters. The number of nitrogens with two attached hydrogens (primary N) is 1. The van der Waals surface area contributed by atoms with E-state index in [1.165, 1.54) is 24.3 Å². The summed E-state index contributed by atoms with van der Waals surface area (Å²) in [6, 6.07) is 14.2. The lowest BCUT2D eigenvalue weighted by atomic mass is 10.2. The summed E-state index contributed by atoms with van der Waals surface area (Å²) >= 11 is 0. The molecule has 0 aliphatic carbocycles. The van der Waals surface area contributed by atoms with Crippen LogP contribution in [0, 0.1) is 6.92 Å². The fourth-order valence-electron chi connectivity index (χ4n) is 1.64. The summed E-state index contributed by atoms with van der Waals surface area (Å²) in [5, 5.41) is 0. The van der Waals surface area contributed by atoms with Crippen molar-refractivity contribution in [2.75, 3.05) is 0 Å². The normalized spacial score (nSPS) is 11.1. The van der Waals surface area contributed by atoms with Crippen LogP contribution < -0.4 is 5.84 Å². The Morgan fingerprint density at radius 3 is 2.10 bits per heavy atom. The van der Waals surface area contributed by atoms with Gasteiger partial charge in [0.25, 0.3) is 15.9 Å². The van der Waals surface area contributed by atoms with E-state index >= 15 is 0 Å². The molecule has 2 aromatic rings. The SMILES string of the molecule is Cc1ccc(S(=O)(=O)N(N)C(=O)c2ccccc2)cc1. The molecule has 20 heavy (non-hydrogen) atoms. The maximum Gasteiger partial charge on any atom is 0.282 e. The lowest BCUT2D eigenvalue weighted by Crippen LogP contribution is -2.42. The number of aryl methyl sites for hydroxylation is 1. The minimum absolute atomic E-state index is 0.0186. The van der Waals surface area contributed by atoms with Gasteiger partial charge < -0.3 is 0 Å². The fraction of sp³-hybridized carbons (Fsp3) is 0.0714. The van der Waals surface area contributed by atoms with Crippen LogP contribution in [0.4, 0.5) is 0 Å². The third-order valence-corrected chi connectivity index (χ3v) is 4.35. The Morgan fingerprint density at radius 1 is 1.00 bits per heavy atom. The van der Waals surface area contributed by atoms with Gasteiger partial charge in [0, 0.05) is 5.56 Å². The van der Waals surface area contributed by atoms with Crippen molar-refractivity contribution < 1.29 is 13.2 Å². The van der Waals surface area contributed by atoms with E-state index in [4.69, 9.17) is 5.84 Å². The molecular weight excluding hydrogens is 276 g/mol. The van der Waals surface area contributed by atoms with Crippen molar-refractivity contribution in [3.05, 3.63) is 65.7 Å². The molecule has 0 aromatic heterocycles. The fourth-order valence-corrected chi connectivity index (χ4v) is 2.67. The van der Waals surface area contributed by atoms with Crippen molar-refractivity contribution >= 4 is 15.9 Å². The van der Waals surface area contributed by atoms with Crippen molar-refractivity contribution in [3.63, 3.8) is 0 Å². The smallest absolute Gasteiger partial charge is 0.266 e. The summed E-state index contributed by atoms with van der Waals surface area (Å²) in [6.07, 6.45) is 0. The maximum atomic E-state index is 12.2. The van der Waals surface area contributed by atoms with Crippen molar-refractivity contribution in [2.24, 2.45) is 5.84 Å². The average molecular weight is 290 g/mol. The largest absolute Gasteiger partial charge is 0.282 e. The molecule has 0 saturated heterocycles. The van der Waals surface area contributed by atoms with Crippen LogP contribution in [0.2, 0.25) is 0 Å². The molecule has 0 aliphatic heterocycles. The zero-order valence-electron chi connectivity index (χ0n) is 10.9. The molecule has 0 spiro atoms. The van der Waals surface area contributed by atoms with Crippen LogP contribution in [0.15, 0.2) is 59.5 Å². The van der Waals surface area contributed by atoms with Gasteiger partial charge in [0.1, 0.15) is 0 Å². The van der Waals surface area contributed by atoms with Gasteiger partial charge in [0.15, 0.2) is 0 Å². The Hall–Kier alpha value is -2.18. The van der Waals surface area contributed by atoms with Gasteiger partial charge in [-0.2, -0.15) is 12.8 Å². The third kappa shape index (κ3) is 2.71. The number of hydrazine groups is 1. The summed E-state index contributed by atoms with van der Waals surface area (Å²) in [4.78, 5) is 12.0. The Bertz CT molecular complexity index is 710. The van der Waals surface area contributed by atoms with Gasteiger partial charge in [-0.25, -0.2) is 5.84 Å². The predicted molar refractivity (Wildman–Crippen MR) is 75.2 cm³/mol. The predicted octanol–water partition coefficient (Wildman–Crippen LogP) is 1.70. The van der Waals surface area contributed by atoms with Gasteiger partial charge in [-0.05, 0) is 31.2 Å². The number of hydrogen-bond donors (Lipinski definition) is 1. The van der Waals surface area contributed by atoms with Crippen molar-refractivity contribution in [1.82, 2.24) is 4.41 Å². The first-order valence-electron chi connectivity index (χ1n) is 5.89. The van der Waals surface area contributed by atoms with E-state index in [-0.39, 0.29) is 14.9 Å². The number of sulfonamides is 1. The van der Waals surface area contributed by atoms with Crippen LogP contribution in [-0.4, -0.2) is 18.7 Å². The molecule has 1 amide bonds. The highest BCUT2D eigenvalue weighted by molar-refractivity contribution is 7.89. The van der Waals surface area contributed by atoms with Crippen LogP contribution in [0.5, 0.6) is 0 Å². The average Bonchev–Trinajstić information content (AvgIpc) is 2.47. The molecule has 2 rings (SSSR count). The molecule has 0 fully saturated rings. The maximum absolute atomic E-state index is 12.2. The zero-order chi connectivity index (χ0) is 14.8. The van der Waals surface area contributed by atoms with Crippen molar-refractivity contribution in [1.29, 1.82) is 0 Å². The van der Waals surface area contributed by atoms with Gasteiger partial charge in [0.2, 0.25) is 0 Å². The van der Waals surface area contributed by atoms with Gasteiger partial charge in [0.05, 0.1) is 4.90 Å². The molecule has 6 heteroatoms. The van der Waals surface area contributed by atoms with Crippen LogP contribution in [0.3, 0.4) is 0 Å². The molecule has 0 radical (unpaired) electrons. The van der Waals surface area contributed by atoms with E-state index < -0.39 is 15.9 Å². The lowest BCUT2D eigenvalue weighted by molar-refractivity contribution is 0.0861. The standard InChI is InChI=1S/C14H14N2O3S/c1-11-7-9-13(10-8-11)20(18,19)16(15)14(17)12-5-3-2-4-6-12/h2-10H,15H2,1H3. The van der Waals surface area contributed by atoms with Gasteiger partial charge in [-0.1, -0.05) is 35.9 Å². The quantitative estimate of drug-likeness (QED) is 0.530. The molecule has 0 saturated carbocycles. The molecule has 0 aliphatic rings. The Morgan fingerprint density at radius 2 is 1.55 bits per heavy atom. The highest BCUT2D eigenvalue weighted by atomic mass is 32.2. The summed E-state index contributed by atoms with van der Waals surface area (Å²) in [5.41, 5.74) is 1.13. The minimum Gasteiger partial charge on any atom is -0.266 e. The Balaban J connectivity index is 2.35. The van der Waals surface area contributed by atoms with Gasteiger partial charge in [-0.3, -0.25) is 4.79 Å². The van der Waals surface area contributed by atoms with Crippen LogP contribution >= 0.6 is 0 Å². The lowest BCUT2D eigenvalue weighted by Gasteiger charge is -2.16. The number of hydrogen-bond acceptors (Lipinski definition) is 4. The second kappa shape index (κ2) is 5.44. The number of carbonyl (C=O) groups excluding carboxylic acids is 1. The van der Waals surface area contributed by atoms with Crippen molar-refractivity contribution in [3.8, 4) is 0 Å². The molecule has 0 bridgehead atoms. The van der Waals surface area contributed by atoms with E-state index in [1.54, 1.807) is 30.3 Å². The first kappa shape index (κ1) is 14.2. The highest BCUT2D eigenvalue weighted by Crippen LogP contribution is 2.16. The zero-order valence-corrected chi connectivity index (χ0v) is 11.7. The highest BCUT2D eigenvalue weighted by Gasteiger charge is 2.27. The van der Waals surface area contributed by atoms with Gasteiger partial charge in [-0.15, -0.1) is 0 Å². The van der Waals surface area contributed by atoms with Crippen LogP contribution in [0.1, 0.15) is 15.9 Å². The molecule has 2 aromatic carbocycles. The first-order chi connectivity index (χ1) is 9.43. The number of nitrogens with zero attached hydrogens (tertiary/aromatic N) is 1. The molecule has 0 heterocycles. The number of rotatable bonds is 3. The third-order valence-electron chi connectivity index (χ3n) is 2.80. The van der Waals surface area contributed by atoms with Crippen molar-refractivity contribution in [2.45, 2.75) is 11.8 Å². The van der Waals surface area contributed by atoms with E-state index in [9.17, 15) is 13.2 Å². The molecule has 104 valence electrons. The molecular formula is C14H14N2O3S. The number of carbonyl (C=O) groups is 1. The second-order valence-electron chi connectivity index (χ2n) is 4.29. The Labute approximate surface area is 117 Å². The monoisotopic (exact) mass is 290 g/mol. The summed E-state index contributed by atoms with van der Waals surface area (Å²) < 4.78 is 24.7. The van der Waals surface area contributed by atoms with E-state index in [1.807, 2.05) is 6.92 Å². The summed E-state index contributed by atoms with van der Waals surface area (Å²) in [6.45, 7) is 1.84. The molecule has 5 nitrogen and oxygen atoms in total. The van der Waals surface area contributed by atoms with E-state index in [0.29, 0.717) is 0 Å². The van der Waals surface area contributed by atoms with Crippen LogP contribution in [0.25, 0.3) is 0 Å². The molecule has 2 N–H and O–H groups in total. The molecule has 0 unspecified atom stereocenters. The van der Waals surface area contributed by atoms with Gasteiger partial charge >= 0.3 is 0 Å². The second-order valence-corrected chi connectivity index (χ2v) is 6.10. The summed E-state index contributed by atoms with van der Waals surface area (Å²) in [5.74, 6) is 4.72.